The molecule has 0 saturated carbocycles. The standard InChI is InChI=1S/C10H6N4O2/c15-9-5-6(12-2-1-11-5)10(16)8-7(9)13-3-4-14-8/h1-6H. The minimum atomic E-state index is -0.762. The second kappa shape index (κ2) is 3.13. The number of aromatic nitrogens is 2. The van der Waals surface area contributed by atoms with E-state index in [0.717, 1.165) is 0 Å². The molecule has 0 amide bonds. The third kappa shape index (κ3) is 1.06. The summed E-state index contributed by atoms with van der Waals surface area (Å²) in [6, 6.07) is -1.52. The molecule has 0 radical (unpaired) electrons. The molecule has 0 spiro atoms. The Morgan fingerprint density at radius 3 is 1.69 bits per heavy atom. The van der Waals surface area contributed by atoms with Gasteiger partial charge in [0, 0.05) is 24.8 Å². The Bertz CT molecular complexity index is 501. The fourth-order valence-electron chi connectivity index (χ4n) is 1.83. The maximum absolute atomic E-state index is 12.0. The number of Topliss-reactive ketones (excluding diaryl/α,β-unsaturated/α-hetero) is 2. The van der Waals surface area contributed by atoms with Gasteiger partial charge in [0.15, 0.2) is 0 Å². The second-order valence-corrected chi connectivity index (χ2v) is 3.47. The molecular weight excluding hydrogens is 208 g/mol. The Morgan fingerprint density at radius 1 is 0.812 bits per heavy atom. The molecule has 6 heteroatoms. The van der Waals surface area contributed by atoms with Gasteiger partial charge in [0.05, 0.1) is 0 Å². The predicted molar refractivity (Wildman–Crippen MR) is 55.3 cm³/mol. The van der Waals surface area contributed by atoms with Crippen LogP contribution in [-0.2, 0) is 0 Å². The first kappa shape index (κ1) is 9.02. The van der Waals surface area contributed by atoms with Gasteiger partial charge in [-0.1, -0.05) is 0 Å². The summed E-state index contributed by atoms with van der Waals surface area (Å²) < 4.78 is 0. The highest BCUT2D eigenvalue weighted by Gasteiger charge is 2.43. The van der Waals surface area contributed by atoms with Gasteiger partial charge in [0.25, 0.3) is 0 Å². The van der Waals surface area contributed by atoms with Gasteiger partial charge in [-0.05, 0) is 0 Å². The Kier molecular flexibility index (Phi) is 1.76. The number of fused-ring (bicyclic) bond motifs is 2. The van der Waals surface area contributed by atoms with Gasteiger partial charge in [-0.25, -0.2) is 9.97 Å². The van der Waals surface area contributed by atoms with E-state index in [-0.39, 0.29) is 23.0 Å². The molecule has 2 unspecified atom stereocenters. The second-order valence-electron chi connectivity index (χ2n) is 3.47. The first-order valence-corrected chi connectivity index (χ1v) is 4.73. The van der Waals surface area contributed by atoms with Crippen LogP contribution in [0.5, 0.6) is 0 Å². The van der Waals surface area contributed by atoms with E-state index in [1.807, 2.05) is 0 Å². The molecule has 0 N–H and O–H groups in total. The monoisotopic (exact) mass is 214 g/mol. The molecule has 3 rings (SSSR count). The minimum Gasteiger partial charge on any atom is -0.290 e. The van der Waals surface area contributed by atoms with E-state index in [2.05, 4.69) is 20.0 Å². The topological polar surface area (TPSA) is 84.6 Å². The van der Waals surface area contributed by atoms with Crippen LogP contribution in [0.25, 0.3) is 0 Å². The molecule has 6 nitrogen and oxygen atoms in total. The number of carbonyl (C=O) groups excluding carboxylic acids is 2. The molecule has 2 atom stereocenters. The fourth-order valence-corrected chi connectivity index (χ4v) is 1.83. The summed E-state index contributed by atoms with van der Waals surface area (Å²) in [6.45, 7) is 0. The van der Waals surface area contributed by atoms with Crippen LogP contribution in [0.2, 0.25) is 0 Å². The van der Waals surface area contributed by atoms with E-state index in [0.29, 0.717) is 0 Å². The van der Waals surface area contributed by atoms with Gasteiger partial charge in [0.1, 0.15) is 23.5 Å². The molecule has 1 aliphatic carbocycles. The van der Waals surface area contributed by atoms with Crippen molar-refractivity contribution in [3.8, 4) is 0 Å². The van der Waals surface area contributed by atoms with Crippen molar-refractivity contribution < 1.29 is 9.59 Å². The summed E-state index contributed by atoms with van der Waals surface area (Å²) in [7, 11) is 0. The van der Waals surface area contributed by atoms with Crippen molar-refractivity contribution in [3.05, 3.63) is 23.8 Å². The molecule has 1 aromatic heterocycles. The lowest BCUT2D eigenvalue weighted by molar-refractivity contribution is 0.0837. The number of carbonyl (C=O) groups is 2. The van der Waals surface area contributed by atoms with E-state index in [9.17, 15) is 9.59 Å². The van der Waals surface area contributed by atoms with E-state index in [1.165, 1.54) is 24.8 Å². The van der Waals surface area contributed by atoms with Crippen LogP contribution in [-0.4, -0.2) is 46.0 Å². The molecule has 2 heterocycles. The van der Waals surface area contributed by atoms with Gasteiger partial charge in [-0.15, -0.1) is 0 Å². The van der Waals surface area contributed by atoms with E-state index in [1.54, 1.807) is 0 Å². The zero-order chi connectivity index (χ0) is 11.1. The van der Waals surface area contributed by atoms with Crippen LogP contribution >= 0.6 is 0 Å². The summed E-state index contributed by atoms with van der Waals surface area (Å²) in [5.41, 5.74) is 0.200. The van der Waals surface area contributed by atoms with Crippen LogP contribution in [0.15, 0.2) is 22.4 Å². The summed E-state index contributed by atoms with van der Waals surface area (Å²) in [4.78, 5) is 39.6. The number of ketones is 2. The normalized spacial score (nSPS) is 26.5. The molecule has 16 heavy (non-hydrogen) atoms. The summed E-state index contributed by atoms with van der Waals surface area (Å²) in [5, 5.41) is 0. The first-order valence-electron chi connectivity index (χ1n) is 4.73. The average Bonchev–Trinajstić information content (AvgIpc) is 2.36. The molecule has 0 bridgehead atoms. The molecule has 78 valence electrons. The average molecular weight is 214 g/mol. The van der Waals surface area contributed by atoms with Gasteiger partial charge in [-0.2, -0.15) is 0 Å². The van der Waals surface area contributed by atoms with Crippen LogP contribution in [0.4, 0.5) is 0 Å². The number of hydrogen-bond donors (Lipinski definition) is 0. The minimum absolute atomic E-state index is 0.100. The Morgan fingerprint density at radius 2 is 1.25 bits per heavy atom. The molecule has 0 fully saturated rings. The first-order chi connectivity index (χ1) is 7.79. The molecule has 2 aliphatic rings. The van der Waals surface area contributed by atoms with Crippen LogP contribution < -0.4 is 0 Å². The summed E-state index contributed by atoms with van der Waals surface area (Å²) in [6.07, 6.45) is 5.63. The quantitative estimate of drug-likeness (QED) is 0.596. The molecule has 0 saturated heterocycles. The van der Waals surface area contributed by atoms with Crippen LogP contribution in [0.3, 0.4) is 0 Å². The summed E-state index contributed by atoms with van der Waals surface area (Å²) in [5.74, 6) is -0.582. The van der Waals surface area contributed by atoms with E-state index < -0.39 is 12.1 Å². The highest BCUT2D eigenvalue weighted by molar-refractivity contribution is 6.23. The van der Waals surface area contributed by atoms with Gasteiger partial charge in [0.2, 0.25) is 11.6 Å². The maximum Gasteiger partial charge on any atom is 0.210 e. The lowest BCUT2D eigenvalue weighted by atomic mass is 9.88. The van der Waals surface area contributed by atoms with Crippen LogP contribution in [0, 0.1) is 0 Å². The van der Waals surface area contributed by atoms with Crippen molar-refractivity contribution in [1.82, 2.24) is 9.97 Å². The lowest BCUT2D eigenvalue weighted by Gasteiger charge is -2.24. The van der Waals surface area contributed by atoms with Gasteiger partial charge >= 0.3 is 0 Å². The smallest absolute Gasteiger partial charge is 0.210 e. The molecule has 1 aromatic rings. The molecular formula is C10H6N4O2. The Balaban J connectivity index is 2.21. The van der Waals surface area contributed by atoms with E-state index >= 15 is 0 Å². The molecule has 1 aliphatic heterocycles. The zero-order valence-corrected chi connectivity index (χ0v) is 8.07. The maximum atomic E-state index is 12.0. The largest absolute Gasteiger partial charge is 0.290 e. The third-order valence-corrected chi connectivity index (χ3v) is 2.56. The number of aliphatic imine (C=N–C) groups is 2. The highest BCUT2D eigenvalue weighted by Crippen LogP contribution is 2.23. The highest BCUT2D eigenvalue weighted by atomic mass is 16.1. The van der Waals surface area contributed by atoms with Crippen molar-refractivity contribution in [1.29, 1.82) is 0 Å². The molecule has 0 aromatic carbocycles. The SMILES string of the molecule is O=C1c2nccnc2C(=O)C2N=CC=NC12. The number of rotatable bonds is 0. The van der Waals surface area contributed by atoms with Gasteiger partial charge in [-0.3, -0.25) is 19.6 Å². The van der Waals surface area contributed by atoms with Crippen LogP contribution in [0.1, 0.15) is 21.0 Å². The van der Waals surface area contributed by atoms with E-state index in [4.69, 9.17) is 0 Å². The number of nitrogens with zero attached hydrogens (tertiary/aromatic N) is 4. The van der Waals surface area contributed by atoms with Crippen molar-refractivity contribution in [3.63, 3.8) is 0 Å². The predicted octanol–water partition coefficient (Wildman–Crippen LogP) is -0.252. The van der Waals surface area contributed by atoms with Crippen molar-refractivity contribution in [2.45, 2.75) is 12.1 Å². The zero-order valence-electron chi connectivity index (χ0n) is 8.07. The van der Waals surface area contributed by atoms with Crippen molar-refractivity contribution in [2.24, 2.45) is 9.98 Å². The van der Waals surface area contributed by atoms with Gasteiger partial charge < -0.3 is 0 Å². The number of hydrogen-bond acceptors (Lipinski definition) is 6. The van der Waals surface area contributed by atoms with Crippen molar-refractivity contribution in [2.75, 3.05) is 0 Å². The third-order valence-electron chi connectivity index (χ3n) is 2.56. The lowest BCUT2D eigenvalue weighted by Crippen LogP contribution is -2.45. The summed E-state index contributed by atoms with van der Waals surface area (Å²) >= 11 is 0. The Labute approximate surface area is 90.2 Å². The Hall–Kier alpha value is -2.24. The van der Waals surface area contributed by atoms with Crippen molar-refractivity contribution >= 4 is 24.0 Å². The fraction of sp³-hybridized carbons (Fsp3) is 0.200.